The van der Waals surface area contributed by atoms with Gasteiger partial charge in [-0.25, -0.2) is 9.78 Å². The molecule has 1 heterocycles. The molecule has 16 heavy (non-hydrogen) atoms. The van der Waals surface area contributed by atoms with Crippen LogP contribution in [0.4, 0.5) is 5.82 Å². The Kier molecular flexibility index (Phi) is 3.08. The standard InChI is InChI=1S/C12H16N2O2/c1-8-6-9(12(15)16)7-11(13-8)14-10-4-2-3-5-10/h6-7,10H,2-5H2,1H3,(H,13,14)(H,15,16). The zero-order chi connectivity index (χ0) is 11.5. The summed E-state index contributed by atoms with van der Waals surface area (Å²) in [6.45, 7) is 1.81. The molecule has 4 heteroatoms. The minimum absolute atomic E-state index is 0.299. The molecule has 0 bridgehead atoms. The monoisotopic (exact) mass is 220 g/mol. The van der Waals surface area contributed by atoms with Crippen LogP contribution in [-0.2, 0) is 0 Å². The van der Waals surface area contributed by atoms with Gasteiger partial charge in [-0.3, -0.25) is 0 Å². The van der Waals surface area contributed by atoms with E-state index in [2.05, 4.69) is 10.3 Å². The van der Waals surface area contributed by atoms with Crippen molar-refractivity contribution in [2.45, 2.75) is 38.6 Å². The van der Waals surface area contributed by atoms with Gasteiger partial charge in [-0.1, -0.05) is 12.8 Å². The van der Waals surface area contributed by atoms with E-state index in [-0.39, 0.29) is 0 Å². The van der Waals surface area contributed by atoms with E-state index in [0.29, 0.717) is 17.4 Å². The van der Waals surface area contributed by atoms with Gasteiger partial charge in [-0.05, 0) is 31.9 Å². The summed E-state index contributed by atoms with van der Waals surface area (Å²) in [6.07, 6.45) is 4.79. The number of aromatic nitrogens is 1. The topological polar surface area (TPSA) is 62.2 Å². The highest BCUT2D eigenvalue weighted by molar-refractivity contribution is 5.88. The highest BCUT2D eigenvalue weighted by Gasteiger charge is 2.16. The van der Waals surface area contributed by atoms with E-state index < -0.39 is 5.97 Å². The highest BCUT2D eigenvalue weighted by atomic mass is 16.4. The molecule has 1 aromatic rings. The third-order valence-corrected chi connectivity index (χ3v) is 2.91. The second-order valence-electron chi connectivity index (χ2n) is 4.31. The molecule has 0 radical (unpaired) electrons. The smallest absolute Gasteiger partial charge is 0.335 e. The average molecular weight is 220 g/mol. The van der Waals surface area contributed by atoms with Crippen LogP contribution < -0.4 is 5.32 Å². The predicted octanol–water partition coefficient (Wildman–Crippen LogP) is 2.44. The SMILES string of the molecule is Cc1cc(C(=O)O)cc(NC2CCCC2)n1. The lowest BCUT2D eigenvalue weighted by atomic mass is 10.2. The normalized spacial score (nSPS) is 16.3. The molecule has 0 atom stereocenters. The lowest BCUT2D eigenvalue weighted by Crippen LogP contribution is -2.16. The van der Waals surface area contributed by atoms with Crippen LogP contribution >= 0.6 is 0 Å². The van der Waals surface area contributed by atoms with Gasteiger partial charge in [0.15, 0.2) is 0 Å². The highest BCUT2D eigenvalue weighted by Crippen LogP contribution is 2.22. The summed E-state index contributed by atoms with van der Waals surface area (Å²) in [5.41, 5.74) is 1.04. The Bertz CT molecular complexity index is 398. The molecule has 0 spiro atoms. The van der Waals surface area contributed by atoms with Crippen molar-refractivity contribution in [3.8, 4) is 0 Å². The molecule has 2 rings (SSSR count). The number of carboxylic acids is 1. The maximum absolute atomic E-state index is 10.9. The second-order valence-corrected chi connectivity index (χ2v) is 4.31. The van der Waals surface area contributed by atoms with E-state index in [1.165, 1.54) is 12.8 Å². The van der Waals surface area contributed by atoms with Gasteiger partial charge in [0.05, 0.1) is 5.56 Å². The molecule has 1 aliphatic carbocycles. The Morgan fingerprint density at radius 1 is 1.44 bits per heavy atom. The zero-order valence-electron chi connectivity index (χ0n) is 9.36. The lowest BCUT2D eigenvalue weighted by Gasteiger charge is -2.13. The van der Waals surface area contributed by atoms with E-state index in [9.17, 15) is 4.79 Å². The molecule has 0 amide bonds. The molecule has 86 valence electrons. The lowest BCUT2D eigenvalue weighted by molar-refractivity contribution is 0.0696. The van der Waals surface area contributed by atoms with Gasteiger partial charge < -0.3 is 10.4 Å². The number of aryl methyl sites for hydroxylation is 1. The fraction of sp³-hybridized carbons (Fsp3) is 0.500. The largest absolute Gasteiger partial charge is 0.478 e. The number of nitrogens with zero attached hydrogens (tertiary/aromatic N) is 1. The summed E-state index contributed by atoms with van der Waals surface area (Å²) < 4.78 is 0. The van der Waals surface area contributed by atoms with E-state index in [1.807, 2.05) is 6.92 Å². The predicted molar refractivity (Wildman–Crippen MR) is 61.8 cm³/mol. The van der Waals surface area contributed by atoms with Gasteiger partial charge in [0.2, 0.25) is 0 Å². The number of nitrogens with one attached hydrogen (secondary N) is 1. The number of aromatic carboxylic acids is 1. The fourth-order valence-corrected chi connectivity index (χ4v) is 2.15. The fourth-order valence-electron chi connectivity index (χ4n) is 2.15. The molecule has 0 saturated heterocycles. The minimum atomic E-state index is -0.903. The Balaban J connectivity index is 2.16. The minimum Gasteiger partial charge on any atom is -0.478 e. The summed E-state index contributed by atoms with van der Waals surface area (Å²) in [5.74, 6) is -0.218. The number of hydrogen-bond donors (Lipinski definition) is 2. The van der Waals surface area contributed by atoms with Crippen LogP contribution in [0.5, 0.6) is 0 Å². The Labute approximate surface area is 94.7 Å². The number of carbonyl (C=O) groups is 1. The Hall–Kier alpha value is -1.58. The number of rotatable bonds is 3. The van der Waals surface area contributed by atoms with Gasteiger partial charge in [0, 0.05) is 11.7 Å². The summed E-state index contributed by atoms with van der Waals surface area (Å²) in [4.78, 5) is 15.2. The first-order chi connectivity index (χ1) is 7.65. The van der Waals surface area contributed by atoms with Gasteiger partial charge in [0.25, 0.3) is 0 Å². The number of carboxylic acid groups (broad SMARTS) is 1. The first-order valence-electron chi connectivity index (χ1n) is 5.63. The average Bonchev–Trinajstić information content (AvgIpc) is 2.69. The van der Waals surface area contributed by atoms with Gasteiger partial charge in [0.1, 0.15) is 5.82 Å². The number of anilines is 1. The molecule has 4 nitrogen and oxygen atoms in total. The van der Waals surface area contributed by atoms with Crippen molar-refractivity contribution in [3.63, 3.8) is 0 Å². The van der Waals surface area contributed by atoms with Crippen molar-refractivity contribution in [2.75, 3.05) is 5.32 Å². The maximum Gasteiger partial charge on any atom is 0.335 e. The molecule has 1 aliphatic rings. The first-order valence-corrected chi connectivity index (χ1v) is 5.63. The third kappa shape index (κ3) is 2.51. The van der Waals surface area contributed by atoms with Gasteiger partial charge in [-0.2, -0.15) is 0 Å². The van der Waals surface area contributed by atoms with Crippen LogP contribution in [0.1, 0.15) is 41.7 Å². The molecular formula is C12H16N2O2. The Morgan fingerprint density at radius 2 is 2.12 bits per heavy atom. The molecular weight excluding hydrogens is 204 g/mol. The van der Waals surface area contributed by atoms with Crippen LogP contribution in [0, 0.1) is 6.92 Å². The molecule has 0 aromatic carbocycles. The second kappa shape index (κ2) is 4.51. The molecule has 1 fully saturated rings. The quantitative estimate of drug-likeness (QED) is 0.821. The van der Waals surface area contributed by atoms with Crippen molar-refractivity contribution < 1.29 is 9.90 Å². The van der Waals surface area contributed by atoms with Crippen molar-refractivity contribution in [2.24, 2.45) is 0 Å². The van der Waals surface area contributed by atoms with Crippen LogP contribution in [0.25, 0.3) is 0 Å². The van der Waals surface area contributed by atoms with E-state index >= 15 is 0 Å². The molecule has 0 unspecified atom stereocenters. The van der Waals surface area contributed by atoms with Crippen molar-refractivity contribution >= 4 is 11.8 Å². The molecule has 0 aliphatic heterocycles. The molecule has 1 aromatic heterocycles. The van der Waals surface area contributed by atoms with E-state index in [1.54, 1.807) is 12.1 Å². The van der Waals surface area contributed by atoms with Crippen LogP contribution in [0.3, 0.4) is 0 Å². The number of hydrogen-bond acceptors (Lipinski definition) is 3. The Morgan fingerprint density at radius 3 is 2.75 bits per heavy atom. The number of pyridine rings is 1. The third-order valence-electron chi connectivity index (χ3n) is 2.91. The first kappa shape index (κ1) is 10.9. The zero-order valence-corrected chi connectivity index (χ0v) is 9.36. The van der Waals surface area contributed by atoms with Crippen molar-refractivity contribution in [1.29, 1.82) is 0 Å². The van der Waals surface area contributed by atoms with E-state index in [0.717, 1.165) is 18.5 Å². The summed E-state index contributed by atoms with van der Waals surface area (Å²) >= 11 is 0. The molecule has 2 N–H and O–H groups in total. The maximum atomic E-state index is 10.9. The van der Waals surface area contributed by atoms with Crippen LogP contribution in [0.2, 0.25) is 0 Å². The summed E-state index contributed by atoms with van der Waals surface area (Å²) in [5, 5.41) is 12.2. The van der Waals surface area contributed by atoms with Crippen LogP contribution in [0.15, 0.2) is 12.1 Å². The molecule has 1 saturated carbocycles. The van der Waals surface area contributed by atoms with E-state index in [4.69, 9.17) is 5.11 Å². The van der Waals surface area contributed by atoms with Gasteiger partial charge in [-0.15, -0.1) is 0 Å². The van der Waals surface area contributed by atoms with Crippen LogP contribution in [-0.4, -0.2) is 22.1 Å². The summed E-state index contributed by atoms with van der Waals surface area (Å²) in [7, 11) is 0. The van der Waals surface area contributed by atoms with Crippen molar-refractivity contribution in [3.05, 3.63) is 23.4 Å². The van der Waals surface area contributed by atoms with Gasteiger partial charge >= 0.3 is 5.97 Å². The van der Waals surface area contributed by atoms with Crippen molar-refractivity contribution in [1.82, 2.24) is 4.98 Å². The summed E-state index contributed by atoms with van der Waals surface area (Å²) in [6, 6.07) is 3.64.